The molecule has 4 saturated heterocycles. The van der Waals surface area contributed by atoms with E-state index in [4.69, 9.17) is 9.47 Å². The number of carbonyl (C=O) groups excluding carboxylic acids is 2. The second-order valence-corrected chi connectivity index (χ2v) is 18.2. The number of carbonyl (C=O) groups is 2. The van der Waals surface area contributed by atoms with E-state index in [-0.39, 0.29) is 35.5 Å². The van der Waals surface area contributed by atoms with Gasteiger partial charge in [-0.2, -0.15) is 0 Å². The molecule has 0 aromatic rings. The predicted octanol–water partition coefficient (Wildman–Crippen LogP) is 6.70. The van der Waals surface area contributed by atoms with Crippen LogP contribution in [0.2, 0.25) is 0 Å². The van der Waals surface area contributed by atoms with Crippen molar-refractivity contribution in [2.45, 2.75) is 148 Å². The van der Waals surface area contributed by atoms with Gasteiger partial charge in [0, 0.05) is 37.5 Å². The largest absolute Gasteiger partial charge is 0.353 e. The Kier molecular flexibility index (Phi) is 8.64. The van der Waals surface area contributed by atoms with E-state index in [0.29, 0.717) is 35.3 Å². The Morgan fingerprint density at radius 1 is 0.936 bits per heavy atom. The third-order valence-electron chi connectivity index (χ3n) is 15.8. The van der Waals surface area contributed by atoms with Gasteiger partial charge in [0.1, 0.15) is 6.42 Å². The molecule has 0 aromatic heterocycles. The Hall–Kier alpha value is -1.44. The fraction of sp³-hybridized carbons (Fsp3) is 0.900. The van der Waals surface area contributed by atoms with E-state index < -0.39 is 0 Å². The number of hydrogen-bond donors (Lipinski definition) is 1. The molecule has 0 unspecified atom stereocenters. The first-order chi connectivity index (χ1) is 22.6. The number of amides is 2. The molecular weight excluding hydrogens is 586 g/mol. The molecule has 8 rings (SSSR count). The highest BCUT2D eigenvalue weighted by molar-refractivity contribution is 5.97. The fourth-order valence-electron chi connectivity index (χ4n) is 13.1. The van der Waals surface area contributed by atoms with Crippen molar-refractivity contribution >= 4 is 11.8 Å². The summed E-state index contributed by atoms with van der Waals surface area (Å²) >= 11 is 0. The molecular formula is C40H63N3O4. The minimum absolute atomic E-state index is 0.000334. The van der Waals surface area contributed by atoms with Gasteiger partial charge in [0.2, 0.25) is 11.8 Å². The lowest BCUT2D eigenvalue weighted by Gasteiger charge is -2.58. The van der Waals surface area contributed by atoms with Crippen molar-refractivity contribution in [3.05, 3.63) is 11.6 Å². The molecule has 4 aliphatic carbocycles. The molecule has 3 saturated carbocycles. The zero-order valence-electron chi connectivity index (χ0n) is 29.9. The predicted molar refractivity (Wildman–Crippen MR) is 183 cm³/mol. The number of ether oxygens (including phenoxy) is 2. The van der Waals surface area contributed by atoms with Crippen LogP contribution in [0.4, 0.5) is 0 Å². The SMILES string of the molecule is C[C@@H]1CC[C@@]2(OC1)O[C@H]1C[C@H]3[C@@H]4CC=C5C[C@H](NC(=O)CC(=O)N6CCC(N7CCCCC7)CC6)CC[C@]5(C)[C@H]4CC[C@]3(C)[C@H]1[C@@H]2C. The maximum Gasteiger partial charge on any atom is 0.232 e. The summed E-state index contributed by atoms with van der Waals surface area (Å²) in [6.45, 7) is 14.8. The number of nitrogens with one attached hydrogen (secondary N) is 1. The van der Waals surface area contributed by atoms with Crippen molar-refractivity contribution in [3.63, 3.8) is 0 Å². The molecule has 262 valence electrons. The van der Waals surface area contributed by atoms with E-state index in [1.807, 2.05) is 4.90 Å². The number of rotatable bonds is 4. The van der Waals surface area contributed by atoms with E-state index in [0.717, 1.165) is 76.0 Å². The van der Waals surface area contributed by atoms with Gasteiger partial charge in [-0.05, 0) is 131 Å². The second-order valence-electron chi connectivity index (χ2n) is 18.2. The van der Waals surface area contributed by atoms with Crippen LogP contribution < -0.4 is 5.32 Å². The highest BCUT2D eigenvalue weighted by atomic mass is 16.7. The van der Waals surface area contributed by atoms with Gasteiger partial charge < -0.3 is 24.6 Å². The molecule has 2 amide bonds. The zero-order chi connectivity index (χ0) is 32.6. The van der Waals surface area contributed by atoms with Crippen molar-refractivity contribution < 1.29 is 19.1 Å². The van der Waals surface area contributed by atoms with Crippen molar-refractivity contribution in [3.8, 4) is 0 Å². The Morgan fingerprint density at radius 2 is 1.72 bits per heavy atom. The first-order valence-electron chi connectivity index (χ1n) is 19.9. The molecule has 47 heavy (non-hydrogen) atoms. The average molecular weight is 650 g/mol. The molecule has 4 aliphatic heterocycles. The summed E-state index contributed by atoms with van der Waals surface area (Å²) in [5, 5.41) is 3.31. The standard InChI is InChI=1S/C40H63N3O4/c1-26-10-17-40(46-25-26)27(2)37-34(47-40)23-33-31-9-8-28-22-29(11-15-38(28,3)32(31)12-16-39(33,37)4)41-35(44)24-36(45)43-20-13-30(14-21-43)42-18-6-5-7-19-42/h8,26-27,29-34,37H,5-7,9-25H2,1-4H3,(H,41,44)/t26-,27+,29-,31-,32+,33+,34+,37+,38+,39+,40-/m1/s1. The second kappa shape index (κ2) is 12.4. The van der Waals surface area contributed by atoms with Crippen LogP contribution in [0.5, 0.6) is 0 Å². The van der Waals surface area contributed by atoms with Crippen molar-refractivity contribution in [2.75, 3.05) is 32.8 Å². The Labute approximate surface area is 284 Å². The minimum Gasteiger partial charge on any atom is -0.353 e. The van der Waals surface area contributed by atoms with Crippen LogP contribution in [0.15, 0.2) is 11.6 Å². The number of hydrogen-bond acceptors (Lipinski definition) is 5. The Morgan fingerprint density at radius 3 is 2.47 bits per heavy atom. The molecule has 1 N–H and O–H groups in total. The Balaban J connectivity index is 0.860. The van der Waals surface area contributed by atoms with Gasteiger partial charge >= 0.3 is 0 Å². The van der Waals surface area contributed by atoms with E-state index in [2.05, 4.69) is 44.0 Å². The number of likely N-dealkylation sites (tertiary alicyclic amines) is 2. The summed E-state index contributed by atoms with van der Waals surface area (Å²) in [5.74, 6) is 3.49. The summed E-state index contributed by atoms with van der Waals surface area (Å²) in [7, 11) is 0. The topological polar surface area (TPSA) is 71.1 Å². The molecule has 7 nitrogen and oxygen atoms in total. The van der Waals surface area contributed by atoms with Crippen LogP contribution >= 0.6 is 0 Å². The quantitative estimate of drug-likeness (QED) is 0.271. The van der Waals surface area contributed by atoms with Gasteiger partial charge in [0.25, 0.3) is 0 Å². The van der Waals surface area contributed by atoms with Gasteiger partial charge in [0.05, 0.1) is 12.7 Å². The lowest BCUT2D eigenvalue weighted by Crippen LogP contribution is -2.53. The van der Waals surface area contributed by atoms with Crippen LogP contribution in [-0.4, -0.2) is 78.4 Å². The normalized spacial score (nSPS) is 47.1. The van der Waals surface area contributed by atoms with E-state index in [1.54, 1.807) is 5.57 Å². The third-order valence-corrected chi connectivity index (χ3v) is 15.8. The molecule has 0 bridgehead atoms. The molecule has 4 heterocycles. The van der Waals surface area contributed by atoms with Gasteiger partial charge in [-0.1, -0.05) is 45.8 Å². The van der Waals surface area contributed by atoms with E-state index >= 15 is 0 Å². The zero-order valence-corrected chi connectivity index (χ0v) is 29.9. The van der Waals surface area contributed by atoms with Crippen molar-refractivity contribution in [1.29, 1.82) is 0 Å². The molecule has 0 aromatic carbocycles. The molecule has 7 heteroatoms. The smallest absolute Gasteiger partial charge is 0.232 e. The Bertz CT molecular complexity index is 1230. The molecule has 7 fully saturated rings. The maximum atomic E-state index is 13.1. The number of fused-ring (bicyclic) bond motifs is 7. The maximum absolute atomic E-state index is 13.1. The summed E-state index contributed by atoms with van der Waals surface area (Å²) < 4.78 is 13.5. The van der Waals surface area contributed by atoms with Crippen LogP contribution in [0, 0.1) is 46.3 Å². The summed E-state index contributed by atoms with van der Waals surface area (Å²) in [5.41, 5.74) is 2.15. The third kappa shape index (κ3) is 5.55. The molecule has 1 spiro atoms. The average Bonchev–Trinajstić information content (AvgIpc) is 3.52. The van der Waals surface area contributed by atoms with E-state index in [9.17, 15) is 9.59 Å². The van der Waals surface area contributed by atoms with Crippen molar-refractivity contribution in [1.82, 2.24) is 15.1 Å². The molecule has 8 aliphatic rings. The lowest BCUT2D eigenvalue weighted by molar-refractivity contribution is -0.272. The highest BCUT2D eigenvalue weighted by Crippen LogP contribution is 2.70. The van der Waals surface area contributed by atoms with Crippen LogP contribution in [0.1, 0.15) is 124 Å². The lowest BCUT2D eigenvalue weighted by atomic mass is 9.46. The number of allylic oxidation sites excluding steroid dienone is 1. The van der Waals surface area contributed by atoms with Gasteiger partial charge in [0.15, 0.2) is 5.79 Å². The molecule has 0 radical (unpaired) electrons. The molecule has 11 atom stereocenters. The van der Waals surface area contributed by atoms with Crippen LogP contribution in [0.3, 0.4) is 0 Å². The summed E-state index contributed by atoms with van der Waals surface area (Å²) in [6.07, 6.45) is 19.4. The van der Waals surface area contributed by atoms with Crippen LogP contribution in [0.25, 0.3) is 0 Å². The van der Waals surface area contributed by atoms with Crippen LogP contribution in [-0.2, 0) is 19.1 Å². The van der Waals surface area contributed by atoms with Gasteiger partial charge in [-0.3, -0.25) is 9.59 Å². The first-order valence-corrected chi connectivity index (χ1v) is 19.9. The van der Waals surface area contributed by atoms with Gasteiger partial charge in [-0.15, -0.1) is 0 Å². The highest BCUT2D eigenvalue weighted by Gasteiger charge is 2.68. The monoisotopic (exact) mass is 649 g/mol. The number of piperidine rings is 2. The van der Waals surface area contributed by atoms with Gasteiger partial charge in [-0.25, -0.2) is 0 Å². The first kappa shape index (κ1) is 32.7. The summed E-state index contributed by atoms with van der Waals surface area (Å²) in [6, 6.07) is 0.767. The van der Waals surface area contributed by atoms with E-state index in [1.165, 1.54) is 64.5 Å². The minimum atomic E-state index is -0.338. The fourth-order valence-corrected chi connectivity index (χ4v) is 13.1. The number of nitrogens with zero attached hydrogens (tertiary/aromatic N) is 2. The summed E-state index contributed by atoms with van der Waals surface area (Å²) in [4.78, 5) is 30.8. The van der Waals surface area contributed by atoms with Crippen molar-refractivity contribution in [2.24, 2.45) is 46.3 Å².